The number of para-hydroxylation sites is 1. The monoisotopic (exact) mass is 265 g/mol. The fourth-order valence-corrected chi connectivity index (χ4v) is 2.35. The Morgan fingerprint density at radius 2 is 1.85 bits per heavy atom. The number of nitrogens with zero attached hydrogens (tertiary/aromatic N) is 2. The molecule has 4 nitrogen and oxygen atoms in total. The van der Waals surface area contributed by atoms with Crippen molar-refractivity contribution in [2.75, 3.05) is 5.73 Å². The van der Waals surface area contributed by atoms with Crippen LogP contribution in [0.5, 0.6) is 0 Å². The van der Waals surface area contributed by atoms with Gasteiger partial charge in [-0.3, -0.25) is 9.36 Å². The minimum atomic E-state index is -0.0487. The van der Waals surface area contributed by atoms with E-state index >= 15 is 0 Å². The van der Waals surface area contributed by atoms with Crippen molar-refractivity contribution in [3.8, 4) is 11.4 Å². The van der Waals surface area contributed by atoms with Crippen molar-refractivity contribution >= 4 is 16.6 Å². The molecule has 0 saturated heterocycles. The SMILES string of the molecule is Cc1c(N)cccc1-c1nc2ccccc2c(=O)n1C. The van der Waals surface area contributed by atoms with Crippen LogP contribution in [0, 0.1) is 6.92 Å². The van der Waals surface area contributed by atoms with Crippen LogP contribution in [0.3, 0.4) is 0 Å². The van der Waals surface area contributed by atoms with Crippen molar-refractivity contribution < 1.29 is 0 Å². The first-order valence-corrected chi connectivity index (χ1v) is 6.41. The van der Waals surface area contributed by atoms with Crippen LogP contribution in [0.25, 0.3) is 22.3 Å². The van der Waals surface area contributed by atoms with Crippen molar-refractivity contribution in [1.82, 2.24) is 9.55 Å². The summed E-state index contributed by atoms with van der Waals surface area (Å²) in [5.74, 6) is 0.638. The van der Waals surface area contributed by atoms with Gasteiger partial charge in [0.1, 0.15) is 5.82 Å². The fraction of sp³-hybridized carbons (Fsp3) is 0.125. The van der Waals surface area contributed by atoms with E-state index in [1.807, 2.05) is 43.3 Å². The summed E-state index contributed by atoms with van der Waals surface area (Å²) in [6, 6.07) is 13.0. The first-order valence-electron chi connectivity index (χ1n) is 6.41. The summed E-state index contributed by atoms with van der Waals surface area (Å²) in [6.45, 7) is 1.94. The van der Waals surface area contributed by atoms with Gasteiger partial charge >= 0.3 is 0 Å². The van der Waals surface area contributed by atoms with Crippen molar-refractivity contribution in [2.45, 2.75) is 6.92 Å². The molecule has 2 N–H and O–H groups in total. The maximum Gasteiger partial charge on any atom is 0.261 e. The summed E-state index contributed by atoms with van der Waals surface area (Å²) < 4.78 is 1.57. The maximum atomic E-state index is 12.4. The molecule has 3 aromatic rings. The highest BCUT2D eigenvalue weighted by molar-refractivity contribution is 5.80. The lowest BCUT2D eigenvalue weighted by atomic mass is 10.1. The van der Waals surface area contributed by atoms with Crippen molar-refractivity contribution in [3.63, 3.8) is 0 Å². The molecule has 2 aromatic carbocycles. The van der Waals surface area contributed by atoms with Gasteiger partial charge < -0.3 is 5.73 Å². The van der Waals surface area contributed by atoms with Crippen molar-refractivity contribution in [1.29, 1.82) is 0 Å². The van der Waals surface area contributed by atoms with Crippen LogP contribution in [0.4, 0.5) is 5.69 Å². The number of aromatic nitrogens is 2. The van der Waals surface area contributed by atoms with Crippen LogP contribution >= 0.6 is 0 Å². The standard InChI is InChI=1S/C16H15N3O/c1-10-11(7-5-8-13(10)17)15-18-14-9-4-3-6-12(14)16(20)19(15)2/h3-9H,17H2,1-2H3. The van der Waals surface area contributed by atoms with Gasteiger partial charge in [-0.1, -0.05) is 24.3 Å². The Morgan fingerprint density at radius 3 is 2.65 bits per heavy atom. The Morgan fingerprint density at radius 1 is 1.10 bits per heavy atom. The molecule has 0 atom stereocenters. The van der Waals surface area contributed by atoms with Crippen LogP contribution in [0.15, 0.2) is 47.3 Å². The van der Waals surface area contributed by atoms with E-state index in [4.69, 9.17) is 5.73 Å². The van der Waals surface area contributed by atoms with E-state index in [0.717, 1.165) is 11.1 Å². The maximum absolute atomic E-state index is 12.4. The highest BCUT2D eigenvalue weighted by atomic mass is 16.1. The Kier molecular flexibility index (Phi) is 2.79. The molecule has 0 aliphatic carbocycles. The lowest BCUT2D eigenvalue weighted by molar-refractivity contribution is 0.855. The topological polar surface area (TPSA) is 60.9 Å². The third-order valence-electron chi connectivity index (χ3n) is 3.60. The molecule has 20 heavy (non-hydrogen) atoms. The Balaban J connectivity index is 2.40. The normalized spacial score (nSPS) is 10.9. The number of benzene rings is 2. The first kappa shape index (κ1) is 12.4. The highest BCUT2D eigenvalue weighted by Gasteiger charge is 2.12. The van der Waals surface area contributed by atoms with Gasteiger partial charge in [-0.2, -0.15) is 0 Å². The molecule has 100 valence electrons. The number of hydrogen-bond donors (Lipinski definition) is 1. The van der Waals surface area contributed by atoms with Crippen molar-refractivity contribution in [3.05, 3.63) is 58.4 Å². The van der Waals surface area contributed by atoms with Gasteiger partial charge in [0.05, 0.1) is 10.9 Å². The van der Waals surface area contributed by atoms with E-state index in [9.17, 15) is 4.79 Å². The number of anilines is 1. The third-order valence-corrected chi connectivity index (χ3v) is 3.60. The number of hydrogen-bond acceptors (Lipinski definition) is 3. The molecule has 0 bridgehead atoms. The predicted octanol–water partition coefficient (Wildman–Crippen LogP) is 2.49. The zero-order valence-corrected chi connectivity index (χ0v) is 11.4. The van der Waals surface area contributed by atoms with Crippen LogP contribution < -0.4 is 11.3 Å². The molecular weight excluding hydrogens is 250 g/mol. The molecule has 1 aromatic heterocycles. The summed E-state index contributed by atoms with van der Waals surface area (Å²) in [7, 11) is 1.74. The fourth-order valence-electron chi connectivity index (χ4n) is 2.35. The summed E-state index contributed by atoms with van der Waals surface area (Å²) in [4.78, 5) is 17.0. The Bertz CT molecular complexity index is 865. The first-order chi connectivity index (χ1) is 9.59. The van der Waals surface area contributed by atoms with Crippen LogP contribution in [-0.2, 0) is 7.05 Å². The molecule has 0 radical (unpaired) electrons. The van der Waals surface area contributed by atoms with E-state index in [1.165, 1.54) is 0 Å². The Labute approximate surface area is 116 Å². The largest absolute Gasteiger partial charge is 0.398 e. The van der Waals surface area contributed by atoms with Crippen LogP contribution in [-0.4, -0.2) is 9.55 Å². The molecule has 4 heteroatoms. The summed E-state index contributed by atoms with van der Waals surface area (Å²) >= 11 is 0. The highest BCUT2D eigenvalue weighted by Crippen LogP contribution is 2.25. The molecule has 0 saturated carbocycles. The smallest absolute Gasteiger partial charge is 0.261 e. The van der Waals surface area contributed by atoms with Gasteiger partial charge in [-0.05, 0) is 30.7 Å². The minimum absolute atomic E-state index is 0.0487. The molecule has 0 spiro atoms. The summed E-state index contributed by atoms with van der Waals surface area (Å²) in [6.07, 6.45) is 0. The average Bonchev–Trinajstić information content (AvgIpc) is 2.46. The second kappa shape index (κ2) is 4.49. The molecule has 0 unspecified atom stereocenters. The van der Waals surface area contributed by atoms with Crippen LogP contribution in [0.1, 0.15) is 5.56 Å². The second-order valence-corrected chi connectivity index (χ2v) is 4.84. The van der Waals surface area contributed by atoms with Gasteiger partial charge in [0, 0.05) is 18.3 Å². The number of rotatable bonds is 1. The molecule has 3 rings (SSSR count). The quantitative estimate of drug-likeness (QED) is 0.688. The molecule has 0 aliphatic heterocycles. The number of nitrogen functional groups attached to an aromatic ring is 1. The van der Waals surface area contributed by atoms with Crippen molar-refractivity contribution in [2.24, 2.45) is 7.05 Å². The minimum Gasteiger partial charge on any atom is -0.398 e. The molecule has 1 heterocycles. The van der Waals surface area contributed by atoms with E-state index in [-0.39, 0.29) is 5.56 Å². The molecule has 0 aliphatic rings. The lowest BCUT2D eigenvalue weighted by Gasteiger charge is -2.12. The van der Waals surface area contributed by atoms with Gasteiger partial charge in [-0.25, -0.2) is 4.98 Å². The van der Waals surface area contributed by atoms with E-state index < -0.39 is 0 Å². The van der Waals surface area contributed by atoms with Gasteiger partial charge in [0.2, 0.25) is 0 Å². The van der Waals surface area contributed by atoms with E-state index in [2.05, 4.69) is 4.98 Å². The molecular formula is C16H15N3O. The van der Waals surface area contributed by atoms with Crippen LogP contribution in [0.2, 0.25) is 0 Å². The van der Waals surface area contributed by atoms with Gasteiger partial charge in [0.25, 0.3) is 5.56 Å². The third kappa shape index (κ3) is 1.77. The van der Waals surface area contributed by atoms with E-state index in [0.29, 0.717) is 22.4 Å². The molecule has 0 amide bonds. The number of fused-ring (bicyclic) bond motifs is 1. The zero-order chi connectivity index (χ0) is 14.3. The van der Waals surface area contributed by atoms with Gasteiger partial charge in [-0.15, -0.1) is 0 Å². The average molecular weight is 265 g/mol. The predicted molar refractivity (Wildman–Crippen MR) is 81.6 cm³/mol. The zero-order valence-electron chi connectivity index (χ0n) is 11.4. The molecule has 0 fully saturated rings. The van der Waals surface area contributed by atoms with E-state index in [1.54, 1.807) is 17.7 Å². The second-order valence-electron chi connectivity index (χ2n) is 4.84. The summed E-state index contributed by atoms with van der Waals surface area (Å²) in [5.41, 5.74) is 9.12. The van der Waals surface area contributed by atoms with Gasteiger partial charge in [0.15, 0.2) is 0 Å². The summed E-state index contributed by atoms with van der Waals surface area (Å²) in [5, 5.41) is 0.625. The Hall–Kier alpha value is -2.62. The lowest BCUT2D eigenvalue weighted by Crippen LogP contribution is -2.20. The number of nitrogens with two attached hydrogens (primary N) is 1.